The molecule has 1 amide bonds. The number of anilines is 2. The largest absolute Gasteiger partial charge is 0.376 e. The van der Waals surface area contributed by atoms with Crippen LogP contribution in [0.1, 0.15) is 19.4 Å². The quantitative estimate of drug-likeness (QED) is 0.579. The van der Waals surface area contributed by atoms with Crippen LogP contribution in [0.2, 0.25) is 0 Å². The summed E-state index contributed by atoms with van der Waals surface area (Å²) in [5.74, 6) is -0.185. The number of nitrogens with one attached hydrogen (secondary N) is 2. The minimum atomic E-state index is -0.185. The van der Waals surface area contributed by atoms with Crippen molar-refractivity contribution >= 4 is 23.5 Å². The second kappa shape index (κ2) is 9.35. The minimum absolute atomic E-state index is 0.183. The van der Waals surface area contributed by atoms with Crippen LogP contribution in [-0.2, 0) is 4.79 Å². The Morgan fingerprint density at radius 3 is 2.33 bits per heavy atom. The number of para-hydroxylation sites is 1. The van der Waals surface area contributed by atoms with Gasteiger partial charge in [0.15, 0.2) is 0 Å². The second-order valence-electron chi connectivity index (χ2n) is 5.28. The number of benzene rings is 2. The van der Waals surface area contributed by atoms with Gasteiger partial charge in [0.25, 0.3) is 5.91 Å². The van der Waals surface area contributed by atoms with E-state index in [4.69, 9.17) is 0 Å². The molecule has 0 saturated heterocycles. The molecule has 0 fully saturated rings. The number of hydrogen-bond donors (Lipinski definition) is 2. The molecular formula is C19H24N4O. The van der Waals surface area contributed by atoms with Crippen molar-refractivity contribution in [3.63, 3.8) is 0 Å². The molecule has 0 aliphatic carbocycles. The number of rotatable bonds is 8. The summed E-state index contributed by atoms with van der Waals surface area (Å²) in [5.41, 5.74) is 5.56. The molecule has 0 aromatic heterocycles. The molecule has 0 heterocycles. The monoisotopic (exact) mass is 324 g/mol. The Morgan fingerprint density at radius 2 is 1.71 bits per heavy atom. The lowest BCUT2D eigenvalue weighted by molar-refractivity contribution is -0.119. The Balaban J connectivity index is 1.79. The highest BCUT2D eigenvalue weighted by atomic mass is 16.2. The van der Waals surface area contributed by atoms with Gasteiger partial charge >= 0.3 is 0 Å². The van der Waals surface area contributed by atoms with E-state index in [1.54, 1.807) is 6.21 Å². The van der Waals surface area contributed by atoms with Crippen molar-refractivity contribution in [2.24, 2.45) is 5.10 Å². The lowest BCUT2D eigenvalue weighted by Gasteiger charge is -2.20. The van der Waals surface area contributed by atoms with Crippen LogP contribution in [0.5, 0.6) is 0 Å². The Bertz CT molecular complexity index is 649. The Labute approximate surface area is 143 Å². The van der Waals surface area contributed by atoms with Crippen molar-refractivity contribution in [2.75, 3.05) is 29.9 Å². The molecule has 24 heavy (non-hydrogen) atoms. The summed E-state index contributed by atoms with van der Waals surface area (Å²) in [7, 11) is 0. The standard InChI is InChI=1S/C19H24N4O/c1-3-23(4-2)18-12-10-16(11-13-18)14-21-22-19(24)15-20-17-8-6-5-7-9-17/h5-14,20H,3-4,15H2,1-2H3,(H,22,24)/b21-14-. The van der Waals surface area contributed by atoms with Crippen molar-refractivity contribution in [3.8, 4) is 0 Å². The summed E-state index contributed by atoms with van der Waals surface area (Å²) in [6.45, 7) is 6.42. The van der Waals surface area contributed by atoms with E-state index in [0.717, 1.165) is 24.3 Å². The van der Waals surface area contributed by atoms with Crippen molar-refractivity contribution in [2.45, 2.75) is 13.8 Å². The highest BCUT2D eigenvalue weighted by Gasteiger charge is 2.01. The fourth-order valence-electron chi connectivity index (χ4n) is 2.32. The maximum atomic E-state index is 11.7. The molecule has 0 radical (unpaired) electrons. The van der Waals surface area contributed by atoms with Crippen LogP contribution >= 0.6 is 0 Å². The van der Waals surface area contributed by atoms with Gasteiger partial charge in [0.05, 0.1) is 12.8 Å². The van der Waals surface area contributed by atoms with Crippen molar-refractivity contribution in [3.05, 3.63) is 60.2 Å². The summed E-state index contributed by atoms with van der Waals surface area (Å²) in [4.78, 5) is 14.0. The summed E-state index contributed by atoms with van der Waals surface area (Å²) < 4.78 is 0. The molecule has 0 bridgehead atoms. The number of carbonyl (C=O) groups is 1. The molecule has 2 rings (SSSR count). The van der Waals surface area contributed by atoms with Gasteiger partial charge in [-0.05, 0) is 43.7 Å². The molecule has 0 aliphatic rings. The van der Waals surface area contributed by atoms with E-state index in [9.17, 15) is 4.79 Å². The molecule has 0 atom stereocenters. The first-order valence-electron chi connectivity index (χ1n) is 8.18. The molecule has 0 aliphatic heterocycles. The first-order valence-corrected chi connectivity index (χ1v) is 8.18. The van der Waals surface area contributed by atoms with Gasteiger partial charge in [-0.2, -0.15) is 5.10 Å². The third-order valence-electron chi connectivity index (χ3n) is 3.65. The van der Waals surface area contributed by atoms with Crippen molar-refractivity contribution in [1.82, 2.24) is 5.43 Å². The lowest BCUT2D eigenvalue weighted by Crippen LogP contribution is -2.25. The Hall–Kier alpha value is -2.82. The molecular weight excluding hydrogens is 300 g/mol. The van der Waals surface area contributed by atoms with Gasteiger partial charge in [0.1, 0.15) is 0 Å². The second-order valence-corrected chi connectivity index (χ2v) is 5.28. The first-order chi connectivity index (χ1) is 11.7. The number of hydrogen-bond acceptors (Lipinski definition) is 4. The average Bonchev–Trinajstić information content (AvgIpc) is 2.63. The van der Waals surface area contributed by atoms with Gasteiger partial charge in [-0.1, -0.05) is 30.3 Å². The maximum Gasteiger partial charge on any atom is 0.259 e. The smallest absolute Gasteiger partial charge is 0.259 e. The molecule has 126 valence electrons. The van der Waals surface area contributed by atoms with E-state index in [1.807, 2.05) is 42.5 Å². The minimum Gasteiger partial charge on any atom is -0.376 e. The summed E-state index contributed by atoms with van der Waals surface area (Å²) in [6, 6.07) is 17.7. The van der Waals surface area contributed by atoms with Crippen LogP contribution in [0.25, 0.3) is 0 Å². The molecule has 0 unspecified atom stereocenters. The van der Waals surface area contributed by atoms with Crippen LogP contribution in [0.4, 0.5) is 11.4 Å². The van der Waals surface area contributed by atoms with Gasteiger partial charge in [-0.15, -0.1) is 0 Å². The summed E-state index contributed by atoms with van der Waals surface area (Å²) >= 11 is 0. The predicted molar refractivity (Wildman–Crippen MR) is 101 cm³/mol. The van der Waals surface area contributed by atoms with E-state index in [0.29, 0.717) is 0 Å². The van der Waals surface area contributed by atoms with Gasteiger partial charge < -0.3 is 10.2 Å². The van der Waals surface area contributed by atoms with Gasteiger partial charge in [-0.25, -0.2) is 5.43 Å². The first kappa shape index (κ1) is 17.5. The normalized spacial score (nSPS) is 10.6. The average molecular weight is 324 g/mol. The molecule has 2 N–H and O–H groups in total. The van der Waals surface area contributed by atoms with E-state index < -0.39 is 0 Å². The van der Waals surface area contributed by atoms with E-state index >= 15 is 0 Å². The van der Waals surface area contributed by atoms with E-state index in [2.05, 4.69) is 46.7 Å². The number of hydrazone groups is 1. The zero-order chi connectivity index (χ0) is 17.2. The van der Waals surface area contributed by atoms with Crippen molar-refractivity contribution in [1.29, 1.82) is 0 Å². The third kappa shape index (κ3) is 5.43. The molecule has 2 aromatic carbocycles. The number of nitrogens with zero attached hydrogens (tertiary/aromatic N) is 2. The highest BCUT2D eigenvalue weighted by Crippen LogP contribution is 2.13. The topological polar surface area (TPSA) is 56.7 Å². The van der Waals surface area contributed by atoms with Crippen molar-refractivity contribution < 1.29 is 4.79 Å². The van der Waals surface area contributed by atoms with Crippen LogP contribution < -0.4 is 15.6 Å². The van der Waals surface area contributed by atoms with Gasteiger partial charge in [-0.3, -0.25) is 4.79 Å². The zero-order valence-corrected chi connectivity index (χ0v) is 14.2. The molecule has 0 saturated carbocycles. The molecule has 2 aromatic rings. The predicted octanol–water partition coefficient (Wildman–Crippen LogP) is 3.10. The molecule has 0 spiro atoms. The number of amides is 1. The fraction of sp³-hybridized carbons (Fsp3) is 0.263. The van der Waals surface area contributed by atoms with Crippen LogP contribution in [0.3, 0.4) is 0 Å². The maximum absolute atomic E-state index is 11.7. The highest BCUT2D eigenvalue weighted by molar-refractivity contribution is 5.84. The van der Waals surface area contributed by atoms with E-state index in [1.165, 1.54) is 5.69 Å². The Morgan fingerprint density at radius 1 is 1.04 bits per heavy atom. The number of carbonyl (C=O) groups excluding carboxylic acids is 1. The van der Waals surface area contributed by atoms with Crippen LogP contribution in [-0.4, -0.2) is 31.8 Å². The summed E-state index contributed by atoms with van der Waals surface area (Å²) in [6.07, 6.45) is 1.65. The zero-order valence-electron chi connectivity index (χ0n) is 14.2. The van der Waals surface area contributed by atoms with Gasteiger partial charge in [0.2, 0.25) is 0 Å². The van der Waals surface area contributed by atoms with Gasteiger partial charge in [0, 0.05) is 24.5 Å². The SMILES string of the molecule is CCN(CC)c1ccc(/C=N\NC(=O)CNc2ccccc2)cc1. The lowest BCUT2D eigenvalue weighted by atomic mass is 10.2. The fourth-order valence-corrected chi connectivity index (χ4v) is 2.32. The van der Waals surface area contributed by atoms with E-state index in [-0.39, 0.29) is 12.5 Å². The third-order valence-corrected chi connectivity index (χ3v) is 3.65. The molecule has 5 heteroatoms. The molecule has 5 nitrogen and oxygen atoms in total. The van der Waals surface area contributed by atoms with Crippen LogP contribution in [0.15, 0.2) is 59.7 Å². The van der Waals surface area contributed by atoms with Crippen LogP contribution in [0, 0.1) is 0 Å². The summed E-state index contributed by atoms with van der Waals surface area (Å²) in [5, 5.41) is 7.02. The Kier molecular flexibility index (Phi) is 6.83.